The number of hydrogen-bond donors (Lipinski definition) is 0. The van der Waals surface area contributed by atoms with Crippen LogP contribution in [0.1, 0.15) is 19.7 Å². The van der Waals surface area contributed by atoms with Crippen LogP contribution in [0.15, 0.2) is 12.1 Å². The number of methoxy groups -OCH3 is 2. The third-order valence-electron chi connectivity index (χ3n) is 3.33. The van der Waals surface area contributed by atoms with Crippen LogP contribution in [0, 0.1) is 17.2 Å². The topological polar surface area (TPSA) is 60.1 Å². The third kappa shape index (κ3) is 2.42. The highest BCUT2D eigenvalue weighted by Gasteiger charge is 2.15. The molecule has 0 aliphatic rings. The van der Waals surface area contributed by atoms with Gasteiger partial charge in [-0.05, 0) is 6.92 Å². The zero-order valence-corrected chi connectivity index (χ0v) is 12.3. The van der Waals surface area contributed by atoms with E-state index in [1.54, 1.807) is 14.2 Å². The van der Waals surface area contributed by atoms with Gasteiger partial charge >= 0.3 is 0 Å². The Labute approximate surface area is 118 Å². The SMILES string of the molecule is CCc1nc2cc(OC)c(OC)cc2n1CC(C)C#N. The van der Waals surface area contributed by atoms with E-state index < -0.39 is 0 Å². The number of aryl methyl sites for hydroxylation is 1. The van der Waals surface area contributed by atoms with E-state index in [2.05, 4.69) is 22.5 Å². The van der Waals surface area contributed by atoms with Crippen molar-refractivity contribution in [2.75, 3.05) is 14.2 Å². The predicted octanol–water partition coefficient (Wildman–Crippen LogP) is 2.78. The van der Waals surface area contributed by atoms with Crippen molar-refractivity contribution in [1.82, 2.24) is 9.55 Å². The summed E-state index contributed by atoms with van der Waals surface area (Å²) in [6.45, 7) is 4.60. The molecule has 106 valence electrons. The summed E-state index contributed by atoms with van der Waals surface area (Å²) in [4.78, 5) is 4.62. The lowest BCUT2D eigenvalue weighted by molar-refractivity contribution is 0.355. The van der Waals surface area contributed by atoms with Crippen LogP contribution in [0.3, 0.4) is 0 Å². The van der Waals surface area contributed by atoms with Gasteiger partial charge in [-0.2, -0.15) is 5.26 Å². The Hall–Kier alpha value is -2.22. The number of fused-ring (bicyclic) bond motifs is 1. The summed E-state index contributed by atoms with van der Waals surface area (Å²) < 4.78 is 12.7. The van der Waals surface area contributed by atoms with Gasteiger partial charge in [0.2, 0.25) is 0 Å². The molecule has 0 bridgehead atoms. The standard InChI is InChI=1S/C15H19N3O2/c1-5-15-17-11-6-13(19-3)14(20-4)7-12(11)18(15)9-10(2)8-16/h6-7,10H,5,9H2,1-4H3. The number of hydrogen-bond acceptors (Lipinski definition) is 4. The van der Waals surface area contributed by atoms with E-state index in [0.717, 1.165) is 23.3 Å². The predicted molar refractivity (Wildman–Crippen MR) is 77.0 cm³/mol. The Balaban J connectivity index is 2.62. The van der Waals surface area contributed by atoms with Gasteiger partial charge in [0.15, 0.2) is 11.5 Å². The first-order valence-electron chi connectivity index (χ1n) is 6.65. The highest BCUT2D eigenvalue weighted by atomic mass is 16.5. The maximum Gasteiger partial charge on any atom is 0.163 e. The van der Waals surface area contributed by atoms with Gasteiger partial charge in [-0.15, -0.1) is 0 Å². The molecule has 1 aromatic heterocycles. The van der Waals surface area contributed by atoms with E-state index in [-0.39, 0.29) is 5.92 Å². The van der Waals surface area contributed by atoms with Crippen LogP contribution >= 0.6 is 0 Å². The summed E-state index contributed by atoms with van der Waals surface area (Å²) >= 11 is 0. The minimum atomic E-state index is -0.0641. The quantitative estimate of drug-likeness (QED) is 0.840. The van der Waals surface area contributed by atoms with Crippen LogP contribution in [-0.2, 0) is 13.0 Å². The van der Waals surface area contributed by atoms with E-state index in [1.165, 1.54) is 0 Å². The van der Waals surface area contributed by atoms with E-state index >= 15 is 0 Å². The van der Waals surface area contributed by atoms with Gasteiger partial charge in [0.05, 0.1) is 37.2 Å². The molecule has 0 radical (unpaired) electrons. The van der Waals surface area contributed by atoms with E-state index in [1.807, 2.05) is 19.1 Å². The molecule has 1 heterocycles. The van der Waals surface area contributed by atoms with Gasteiger partial charge in [0.1, 0.15) is 5.82 Å². The van der Waals surface area contributed by atoms with Crippen molar-refractivity contribution in [2.45, 2.75) is 26.8 Å². The van der Waals surface area contributed by atoms with Gasteiger partial charge in [-0.3, -0.25) is 0 Å². The summed E-state index contributed by atoms with van der Waals surface area (Å²) in [5.74, 6) is 2.25. The third-order valence-corrected chi connectivity index (χ3v) is 3.33. The van der Waals surface area contributed by atoms with Gasteiger partial charge in [-0.25, -0.2) is 4.98 Å². The van der Waals surface area contributed by atoms with Gasteiger partial charge < -0.3 is 14.0 Å². The van der Waals surface area contributed by atoms with Crippen molar-refractivity contribution >= 4 is 11.0 Å². The number of aromatic nitrogens is 2. The van der Waals surface area contributed by atoms with Crippen molar-refractivity contribution in [1.29, 1.82) is 5.26 Å². The van der Waals surface area contributed by atoms with Crippen molar-refractivity contribution in [3.8, 4) is 17.6 Å². The first kappa shape index (κ1) is 14.2. The summed E-state index contributed by atoms with van der Waals surface area (Å²) in [5.41, 5.74) is 1.84. The monoisotopic (exact) mass is 273 g/mol. The molecule has 2 rings (SSSR count). The molecule has 0 aliphatic carbocycles. The number of rotatable bonds is 5. The average molecular weight is 273 g/mol. The molecule has 0 fully saturated rings. The second-order valence-corrected chi connectivity index (χ2v) is 4.72. The highest BCUT2D eigenvalue weighted by Crippen LogP contribution is 2.32. The summed E-state index contributed by atoms with van der Waals surface area (Å²) in [6.07, 6.45) is 0.817. The lowest BCUT2D eigenvalue weighted by atomic mass is 10.2. The molecular weight excluding hydrogens is 254 g/mol. The van der Waals surface area contributed by atoms with Crippen LogP contribution < -0.4 is 9.47 Å². The highest BCUT2D eigenvalue weighted by molar-refractivity contribution is 5.80. The maximum absolute atomic E-state index is 9.02. The molecule has 5 heteroatoms. The van der Waals surface area contributed by atoms with E-state index in [9.17, 15) is 0 Å². The first-order chi connectivity index (χ1) is 9.64. The van der Waals surface area contributed by atoms with E-state index in [0.29, 0.717) is 18.0 Å². The van der Waals surface area contributed by atoms with Crippen molar-refractivity contribution < 1.29 is 9.47 Å². The molecule has 0 spiro atoms. The molecule has 1 aromatic carbocycles. The molecule has 5 nitrogen and oxygen atoms in total. The maximum atomic E-state index is 9.02. The van der Waals surface area contributed by atoms with Crippen molar-refractivity contribution in [2.24, 2.45) is 5.92 Å². The average Bonchev–Trinajstić information content (AvgIpc) is 2.82. The van der Waals surface area contributed by atoms with Crippen molar-refractivity contribution in [3.05, 3.63) is 18.0 Å². The molecule has 0 saturated carbocycles. The smallest absolute Gasteiger partial charge is 0.163 e. The van der Waals surface area contributed by atoms with Crippen LogP contribution in [0.2, 0.25) is 0 Å². The molecule has 0 saturated heterocycles. The normalized spacial score (nSPS) is 12.2. The Morgan fingerprint density at radius 3 is 2.50 bits per heavy atom. The number of benzene rings is 1. The zero-order valence-electron chi connectivity index (χ0n) is 12.3. The van der Waals surface area contributed by atoms with Crippen LogP contribution in [0.5, 0.6) is 11.5 Å². The van der Waals surface area contributed by atoms with Crippen LogP contribution in [0.25, 0.3) is 11.0 Å². The van der Waals surface area contributed by atoms with Crippen LogP contribution in [0.4, 0.5) is 0 Å². The fourth-order valence-corrected chi connectivity index (χ4v) is 2.29. The fourth-order valence-electron chi connectivity index (χ4n) is 2.29. The fraction of sp³-hybridized carbons (Fsp3) is 0.467. The lowest BCUT2D eigenvalue weighted by Crippen LogP contribution is -2.09. The minimum absolute atomic E-state index is 0.0641. The van der Waals surface area contributed by atoms with Crippen LogP contribution in [-0.4, -0.2) is 23.8 Å². The Bertz CT molecular complexity index is 655. The number of imidazole rings is 1. The Kier molecular flexibility index (Phi) is 4.14. The Morgan fingerprint density at radius 1 is 1.30 bits per heavy atom. The second kappa shape index (κ2) is 5.83. The lowest BCUT2D eigenvalue weighted by Gasteiger charge is -2.11. The molecule has 0 N–H and O–H groups in total. The summed E-state index contributed by atoms with van der Waals surface area (Å²) in [7, 11) is 3.22. The molecule has 0 amide bonds. The molecule has 1 atom stereocenters. The number of ether oxygens (including phenoxy) is 2. The largest absolute Gasteiger partial charge is 0.493 e. The van der Waals surface area contributed by atoms with Gasteiger partial charge in [0.25, 0.3) is 0 Å². The molecule has 1 unspecified atom stereocenters. The van der Waals surface area contributed by atoms with Crippen molar-refractivity contribution in [3.63, 3.8) is 0 Å². The molecular formula is C15H19N3O2. The summed E-state index contributed by atoms with van der Waals surface area (Å²) in [5, 5.41) is 9.02. The van der Waals surface area contributed by atoms with Gasteiger partial charge in [-0.1, -0.05) is 6.92 Å². The zero-order chi connectivity index (χ0) is 14.7. The molecule has 2 aromatic rings. The summed E-state index contributed by atoms with van der Waals surface area (Å²) in [6, 6.07) is 6.06. The number of nitriles is 1. The Morgan fingerprint density at radius 2 is 1.95 bits per heavy atom. The van der Waals surface area contributed by atoms with Gasteiger partial charge in [0, 0.05) is 25.1 Å². The first-order valence-corrected chi connectivity index (χ1v) is 6.65. The molecule has 0 aliphatic heterocycles. The van der Waals surface area contributed by atoms with E-state index in [4.69, 9.17) is 14.7 Å². The minimum Gasteiger partial charge on any atom is -0.493 e. The molecule has 20 heavy (non-hydrogen) atoms. The number of nitrogens with zero attached hydrogens (tertiary/aromatic N) is 3. The second-order valence-electron chi connectivity index (χ2n) is 4.72.